The molecule has 1 N–H and O–H groups in total. The van der Waals surface area contributed by atoms with Gasteiger partial charge in [-0.25, -0.2) is 5.43 Å². The van der Waals surface area contributed by atoms with E-state index in [1.807, 2.05) is 30.3 Å². The minimum Gasteiger partial charge on any atom is -0.271 e. The number of hydrogen-bond acceptors (Lipinski definition) is 5. The van der Waals surface area contributed by atoms with Crippen molar-refractivity contribution in [3.8, 4) is 11.4 Å². The Balaban J connectivity index is 1.57. The number of rotatable bonds is 5. The van der Waals surface area contributed by atoms with Gasteiger partial charge in [0.1, 0.15) is 6.54 Å². The number of tetrazole rings is 1. The molecule has 1 aromatic heterocycles. The van der Waals surface area contributed by atoms with Crippen molar-refractivity contribution in [3.63, 3.8) is 0 Å². The molecule has 3 aromatic rings. The molecule has 7 nitrogen and oxygen atoms in total. The molecule has 0 bridgehead atoms. The molecule has 0 unspecified atom stereocenters. The van der Waals surface area contributed by atoms with E-state index < -0.39 is 0 Å². The van der Waals surface area contributed by atoms with Gasteiger partial charge in [-0.2, -0.15) is 9.90 Å². The van der Waals surface area contributed by atoms with Crippen LogP contribution in [-0.2, 0) is 11.3 Å². The van der Waals surface area contributed by atoms with Crippen LogP contribution in [0.1, 0.15) is 5.56 Å². The Morgan fingerprint density at radius 3 is 2.72 bits per heavy atom. The Morgan fingerprint density at radius 1 is 1.16 bits per heavy atom. The van der Waals surface area contributed by atoms with Crippen LogP contribution in [-0.4, -0.2) is 32.3 Å². The molecule has 0 aliphatic heterocycles. The molecule has 0 aliphatic carbocycles. The number of benzene rings is 2. The fourth-order valence-corrected chi connectivity index (χ4v) is 2.25. The third kappa shape index (κ3) is 4.62. The van der Waals surface area contributed by atoms with Gasteiger partial charge in [-0.15, -0.1) is 10.2 Å². The van der Waals surface area contributed by atoms with Crippen LogP contribution >= 0.6 is 23.2 Å². The van der Waals surface area contributed by atoms with E-state index in [0.717, 1.165) is 5.56 Å². The number of nitrogens with zero attached hydrogens (tertiary/aromatic N) is 5. The zero-order valence-electron chi connectivity index (χ0n) is 12.8. The number of hydrazone groups is 1. The van der Waals surface area contributed by atoms with Crippen LogP contribution in [0.3, 0.4) is 0 Å². The molecular weight excluding hydrogens is 363 g/mol. The first-order chi connectivity index (χ1) is 12.1. The molecule has 1 amide bonds. The minimum atomic E-state index is -0.381. The van der Waals surface area contributed by atoms with E-state index in [4.69, 9.17) is 23.2 Å². The van der Waals surface area contributed by atoms with Gasteiger partial charge in [0, 0.05) is 5.56 Å². The second-order valence-corrected chi connectivity index (χ2v) is 5.79. The molecule has 126 valence electrons. The number of nitrogens with one attached hydrogen (secondary N) is 1. The smallest absolute Gasteiger partial charge is 0.263 e. The highest BCUT2D eigenvalue weighted by Gasteiger charge is 2.08. The summed E-state index contributed by atoms with van der Waals surface area (Å²) >= 11 is 11.7. The van der Waals surface area contributed by atoms with E-state index >= 15 is 0 Å². The summed E-state index contributed by atoms with van der Waals surface area (Å²) in [6.45, 7) is -0.0987. The molecule has 25 heavy (non-hydrogen) atoms. The normalized spacial score (nSPS) is 11.0. The third-order valence-corrected chi connectivity index (χ3v) is 3.86. The Hall–Kier alpha value is -2.77. The van der Waals surface area contributed by atoms with Gasteiger partial charge in [0.05, 0.1) is 16.3 Å². The molecular formula is C16H12Cl2N6O. The summed E-state index contributed by atoms with van der Waals surface area (Å²) in [5, 5.41) is 16.7. The maximum Gasteiger partial charge on any atom is 0.263 e. The van der Waals surface area contributed by atoms with E-state index in [0.29, 0.717) is 21.4 Å². The summed E-state index contributed by atoms with van der Waals surface area (Å²) in [5.41, 5.74) is 3.92. The van der Waals surface area contributed by atoms with Crippen molar-refractivity contribution in [2.45, 2.75) is 6.54 Å². The van der Waals surface area contributed by atoms with Crippen molar-refractivity contribution in [1.29, 1.82) is 0 Å². The van der Waals surface area contributed by atoms with Gasteiger partial charge in [-0.3, -0.25) is 4.79 Å². The van der Waals surface area contributed by atoms with Crippen molar-refractivity contribution >= 4 is 35.3 Å². The summed E-state index contributed by atoms with van der Waals surface area (Å²) in [7, 11) is 0. The lowest BCUT2D eigenvalue weighted by Crippen LogP contribution is -2.24. The Labute approximate surface area is 153 Å². The van der Waals surface area contributed by atoms with Crippen LogP contribution in [0, 0.1) is 0 Å². The van der Waals surface area contributed by atoms with Crippen molar-refractivity contribution in [3.05, 3.63) is 64.1 Å². The van der Waals surface area contributed by atoms with Gasteiger partial charge in [-0.05, 0) is 22.9 Å². The predicted octanol–water partition coefficient (Wildman–Crippen LogP) is 2.80. The fraction of sp³-hybridized carbons (Fsp3) is 0.0625. The maximum atomic E-state index is 11.9. The third-order valence-electron chi connectivity index (χ3n) is 3.12. The van der Waals surface area contributed by atoms with Gasteiger partial charge >= 0.3 is 0 Å². The van der Waals surface area contributed by atoms with Crippen LogP contribution in [0.2, 0.25) is 10.0 Å². The largest absolute Gasteiger partial charge is 0.271 e. The Bertz CT molecular complexity index is 910. The average molecular weight is 375 g/mol. The lowest BCUT2D eigenvalue weighted by molar-refractivity contribution is -0.122. The zero-order chi connectivity index (χ0) is 17.6. The summed E-state index contributed by atoms with van der Waals surface area (Å²) in [6, 6.07) is 14.4. The molecule has 0 saturated heterocycles. The summed E-state index contributed by atoms with van der Waals surface area (Å²) in [5.74, 6) is 0.0704. The van der Waals surface area contributed by atoms with Gasteiger partial charge in [0.25, 0.3) is 5.91 Å². The van der Waals surface area contributed by atoms with Crippen LogP contribution < -0.4 is 5.43 Å². The molecule has 1 heterocycles. The lowest BCUT2D eigenvalue weighted by Gasteiger charge is -1.99. The highest BCUT2D eigenvalue weighted by molar-refractivity contribution is 6.42. The molecule has 0 fully saturated rings. The maximum absolute atomic E-state index is 11.9. The lowest BCUT2D eigenvalue weighted by atomic mass is 10.2. The molecule has 2 aromatic carbocycles. The SMILES string of the molecule is O=C(Cn1nnc(-c2ccccc2)n1)N/N=C/c1ccc(Cl)c(Cl)c1. The van der Waals surface area contributed by atoms with E-state index in [1.165, 1.54) is 11.0 Å². The quantitative estimate of drug-likeness (QED) is 0.549. The minimum absolute atomic E-state index is 0.0987. The topological polar surface area (TPSA) is 85.1 Å². The first kappa shape index (κ1) is 17.1. The molecule has 0 spiro atoms. The molecule has 0 saturated carbocycles. The fourth-order valence-electron chi connectivity index (χ4n) is 1.95. The van der Waals surface area contributed by atoms with E-state index in [1.54, 1.807) is 18.2 Å². The Kier molecular flexibility index (Phi) is 5.37. The van der Waals surface area contributed by atoms with Gasteiger partial charge in [0.2, 0.25) is 5.82 Å². The second-order valence-electron chi connectivity index (χ2n) is 4.98. The molecule has 9 heteroatoms. The molecule has 0 aliphatic rings. The molecule has 0 radical (unpaired) electrons. The standard InChI is InChI=1S/C16H12Cl2N6O/c17-13-7-6-11(8-14(13)18)9-19-20-15(25)10-24-22-16(21-23-24)12-4-2-1-3-5-12/h1-9H,10H2,(H,20,25)/b19-9+. The molecule has 0 atom stereocenters. The first-order valence-corrected chi connectivity index (χ1v) is 7.97. The highest BCUT2D eigenvalue weighted by Crippen LogP contribution is 2.21. The average Bonchev–Trinajstić information content (AvgIpc) is 3.07. The van der Waals surface area contributed by atoms with E-state index in [9.17, 15) is 4.79 Å². The van der Waals surface area contributed by atoms with Crippen LogP contribution in [0.5, 0.6) is 0 Å². The monoisotopic (exact) mass is 374 g/mol. The number of hydrogen-bond donors (Lipinski definition) is 1. The Morgan fingerprint density at radius 2 is 1.96 bits per heavy atom. The van der Waals surface area contributed by atoms with E-state index in [2.05, 4.69) is 25.9 Å². The van der Waals surface area contributed by atoms with Gasteiger partial charge in [-0.1, -0.05) is 59.6 Å². The number of aromatic nitrogens is 4. The number of carbonyl (C=O) groups excluding carboxylic acids is 1. The second kappa shape index (κ2) is 7.87. The highest BCUT2D eigenvalue weighted by atomic mass is 35.5. The zero-order valence-corrected chi connectivity index (χ0v) is 14.3. The predicted molar refractivity (Wildman–Crippen MR) is 95.5 cm³/mol. The molecule has 3 rings (SSSR count). The van der Waals surface area contributed by atoms with Crippen LogP contribution in [0.15, 0.2) is 53.6 Å². The summed E-state index contributed by atoms with van der Waals surface area (Å²) in [6.07, 6.45) is 1.46. The number of halogens is 2. The van der Waals surface area contributed by atoms with Crippen molar-refractivity contribution in [2.24, 2.45) is 5.10 Å². The van der Waals surface area contributed by atoms with E-state index in [-0.39, 0.29) is 12.5 Å². The number of amides is 1. The van der Waals surface area contributed by atoms with Crippen molar-refractivity contribution in [2.75, 3.05) is 0 Å². The van der Waals surface area contributed by atoms with Crippen molar-refractivity contribution < 1.29 is 4.79 Å². The van der Waals surface area contributed by atoms with Gasteiger partial charge < -0.3 is 0 Å². The number of carbonyl (C=O) groups is 1. The summed E-state index contributed by atoms with van der Waals surface area (Å²) in [4.78, 5) is 13.1. The van der Waals surface area contributed by atoms with Gasteiger partial charge in [0.15, 0.2) is 0 Å². The van der Waals surface area contributed by atoms with Crippen LogP contribution in [0.25, 0.3) is 11.4 Å². The summed E-state index contributed by atoms with van der Waals surface area (Å²) < 4.78 is 0. The van der Waals surface area contributed by atoms with Crippen LogP contribution in [0.4, 0.5) is 0 Å². The first-order valence-electron chi connectivity index (χ1n) is 7.22. The van der Waals surface area contributed by atoms with Crippen molar-refractivity contribution in [1.82, 2.24) is 25.6 Å².